The zero-order chi connectivity index (χ0) is 25.3. The molecule has 5 rings (SSSR count). The molecule has 0 spiro atoms. The zero-order valence-electron chi connectivity index (χ0n) is 23.5. The van der Waals surface area contributed by atoms with Crippen molar-refractivity contribution in [1.82, 2.24) is 4.98 Å². The fourth-order valence-corrected chi connectivity index (χ4v) is 7.15. The van der Waals surface area contributed by atoms with E-state index in [-0.39, 0.29) is 32.5 Å². The summed E-state index contributed by atoms with van der Waals surface area (Å²) in [6, 6.07) is 14.2. The Kier molecular flexibility index (Phi) is 4.40. The van der Waals surface area contributed by atoms with Gasteiger partial charge in [0.05, 0.1) is 5.69 Å². The number of benzene rings is 2. The van der Waals surface area contributed by atoms with Gasteiger partial charge in [-0.3, -0.25) is 4.98 Å². The van der Waals surface area contributed by atoms with Crippen LogP contribution in [-0.4, -0.2) is 4.98 Å². The topological polar surface area (TPSA) is 12.9 Å². The number of hydrogen-bond donors (Lipinski definition) is 0. The fraction of sp³-hybridized carbons (Fsp3) is 0.545. The van der Waals surface area contributed by atoms with E-state index in [9.17, 15) is 0 Å². The van der Waals surface area contributed by atoms with E-state index < -0.39 is 0 Å². The van der Waals surface area contributed by atoms with Crippen molar-refractivity contribution in [1.29, 1.82) is 0 Å². The molecule has 0 aliphatic heterocycles. The Morgan fingerprint density at radius 2 is 0.971 bits per heavy atom. The van der Waals surface area contributed by atoms with Crippen LogP contribution in [0.2, 0.25) is 0 Å². The van der Waals surface area contributed by atoms with Crippen LogP contribution in [0.3, 0.4) is 0 Å². The second kappa shape index (κ2) is 6.34. The van der Waals surface area contributed by atoms with Crippen molar-refractivity contribution in [3.63, 3.8) is 0 Å². The summed E-state index contributed by atoms with van der Waals surface area (Å²) in [5, 5.41) is 2.57. The Hall–Kier alpha value is -2.15. The third-order valence-electron chi connectivity index (χ3n) is 12.1. The van der Waals surface area contributed by atoms with Gasteiger partial charge in [0.1, 0.15) is 0 Å². The number of pyridine rings is 1. The monoisotopic (exact) mass is 453 g/mol. The highest BCUT2D eigenvalue weighted by Crippen LogP contribution is 2.63. The van der Waals surface area contributed by atoms with Crippen molar-refractivity contribution in [2.24, 2.45) is 10.8 Å². The minimum absolute atomic E-state index is 0.0844. The van der Waals surface area contributed by atoms with Gasteiger partial charge in [0.2, 0.25) is 0 Å². The van der Waals surface area contributed by atoms with Crippen molar-refractivity contribution in [3.8, 4) is 11.3 Å². The molecule has 0 atom stereocenters. The fourth-order valence-electron chi connectivity index (χ4n) is 7.15. The summed E-state index contributed by atoms with van der Waals surface area (Å²) in [7, 11) is 0. The van der Waals surface area contributed by atoms with Crippen LogP contribution in [-0.2, 0) is 21.7 Å². The minimum Gasteiger partial charge on any atom is -0.256 e. The molecule has 0 unspecified atom stereocenters. The summed E-state index contributed by atoms with van der Waals surface area (Å²) < 4.78 is 0. The Labute approximate surface area is 207 Å². The van der Waals surface area contributed by atoms with Crippen LogP contribution < -0.4 is 0 Å². The van der Waals surface area contributed by atoms with Gasteiger partial charge in [-0.2, -0.15) is 0 Å². The molecule has 1 heteroatoms. The third kappa shape index (κ3) is 2.44. The quantitative estimate of drug-likeness (QED) is 0.358. The third-order valence-corrected chi connectivity index (χ3v) is 12.1. The summed E-state index contributed by atoms with van der Waals surface area (Å²) in [4.78, 5) is 4.97. The molecule has 0 saturated heterocycles. The van der Waals surface area contributed by atoms with E-state index in [1.807, 2.05) is 6.20 Å². The Morgan fingerprint density at radius 3 is 1.53 bits per heavy atom. The predicted octanol–water partition coefficient (Wildman–Crippen LogP) is 9.09. The van der Waals surface area contributed by atoms with E-state index in [0.717, 1.165) is 5.69 Å². The van der Waals surface area contributed by atoms with Crippen LogP contribution in [0.25, 0.3) is 22.0 Å². The number of nitrogens with zero attached hydrogens (tertiary/aromatic N) is 1. The molecule has 0 fully saturated rings. The highest BCUT2D eigenvalue weighted by atomic mass is 14.7. The lowest BCUT2D eigenvalue weighted by molar-refractivity contribution is 0.125. The van der Waals surface area contributed by atoms with Gasteiger partial charge in [0.15, 0.2) is 0 Å². The van der Waals surface area contributed by atoms with Gasteiger partial charge in [-0.25, -0.2) is 0 Å². The van der Waals surface area contributed by atoms with E-state index >= 15 is 0 Å². The molecular formula is C33H43N. The van der Waals surface area contributed by atoms with Crippen LogP contribution in [0.1, 0.15) is 105 Å². The number of hydrogen-bond acceptors (Lipinski definition) is 1. The summed E-state index contributed by atoms with van der Waals surface area (Å²) in [5.74, 6) is 0. The molecule has 2 aromatic carbocycles. The number of fused-ring (bicyclic) bond motifs is 3. The summed E-state index contributed by atoms with van der Waals surface area (Å²) in [6.45, 7) is 29.1. The number of aromatic nitrogens is 1. The van der Waals surface area contributed by atoms with Crippen molar-refractivity contribution >= 4 is 10.8 Å². The lowest BCUT2D eigenvalue weighted by atomic mass is 9.59. The van der Waals surface area contributed by atoms with Gasteiger partial charge in [-0.1, -0.05) is 101 Å². The van der Waals surface area contributed by atoms with Crippen LogP contribution in [0.5, 0.6) is 0 Å². The van der Waals surface area contributed by atoms with Crippen LogP contribution in [0.15, 0.2) is 42.6 Å². The van der Waals surface area contributed by atoms with Crippen molar-refractivity contribution in [2.45, 2.75) is 105 Å². The maximum atomic E-state index is 4.97. The molecule has 180 valence electrons. The van der Waals surface area contributed by atoms with E-state index in [1.165, 1.54) is 38.6 Å². The largest absolute Gasteiger partial charge is 0.256 e. The van der Waals surface area contributed by atoms with Gasteiger partial charge in [0.25, 0.3) is 0 Å². The second-order valence-electron chi connectivity index (χ2n) is 14.3. The zero-order valence-corrected chi connectivity index (χ0v) is 23.5. The normalized spacial score (nSPS) is 24.1. The Bertz CT molecular complexity index is 1340. The van der Waals surface area contributed by atoms with Crippen LogP contribution in [0, 0.1) is 10.8 Å². The first kappa shape index (κ1) is 23.6. The first-order valence-corrected chi connectivity index (χ1v) is 13.0. The first-order valence-electron chi connectivity index (χ1n) is 13.0. The minimum atomic E-state index is 0.0844. The molecule has 1 nitrogen and oxygen atoms in total. The lowest BCUT2D eigenvalue weighted by Gasteiger charge is -2.44. The van der Waals surface area contributed by atoms with Gasteiger partial charge in [-0.05, 0) is 78.3 Å². The highest BCUT2D eigenvalue weighted by Gasteiger charge is 2.58. The maximum Gasteiger partial charge on any atom is 0.0780 e. The Morgan fingerprint density at radius 1 is 0.500 bits per heavy atom. The van der Waals surface area contributed by atoms with Gasteiger partial charge >= 0.3 is 0 Å². The molecule has 2 aliphatic carbocycles. The molecule has 3 aromatic rings. The van der Waals surface area contributed by atoms with E-state index in [1.54, 1.807) is 0 Å². The molecule has 2 aliphatic rings. The molecule has 0 bridgehead atoms. The SMILES string of the molecule is CC1(C)c2ccc(-c3nccc4cc5c(cc34)C(C)(C)C(C)(C)C5(C)C)cc2C(C)(C)C1(C)C. The molecule has 34 heavy (non-hydrogen) atoms. The summed E-state index contributed by atoms with van der Waals surface area (Å²) in [6.07, 6.45) is 1.99. The maximum absolute atomic E-state index is 4.97. The van der Waals surface area contributed by atoms with Crippen molar-refractivity contribution < 1.29 is 0 Å². The van der Waals surface area contributed by atoms with Gasteiger partial charge in [0, 0.05) is 17.1 Å². The van der Waals surface area contributed by atoms with Crippen molar-refractivity contribution in [3.05, 3.63) is 64.8 Å². The molecule has 0 amide bonds. The van der Waals surface area contributed by atoms with Gasteiger partial charge < -0.3 is 0 Å². The standard InChI is InChI=1S/C33H43N/c1-28(2)23-14-13-21(18-24(23)29(3,4)32(28,9)10)27-22-19-26-25(17-20(22)15-16-34-27)30(5,6)33(11,12)31(26,7)8/h13-19H,1-12H3. The van der Waals surface area contributed by atoms with Gasteiger partial charge in [-0.15, -0.1) is 0 Å². The highest BCUT2D eigenvalue weighted by molar-refractivity contribution is 5.96. The second-order valence-corrected chi connectivity index (χ2v) is 14.3. The lowest BCUT2D eigenvalue weighted by Crippen LogP contribution is -2.42. The predicted molar refractivity (Wildman–Crippen MR) is 147 cm³/mol. The molecule has 1 aromatic heterocycles. The molecule has 0 radical (unpaired) electrons. The smallest absolute Gasteiger partial charge is 0.0780 e. The average Bonchev–Trinajstić information content (AvgIpc) is 2.92. The van der Waals surface area contributed by atoms with E-state index in [4.69, 9.17) is 4.98 Å². The summed E-state index contributed by atoms with van der Waals surface area (Å²) in [5.41, 5.74) is 9.00. The van der Waals surface area contributed by atoms with Crippen LogP contribution in [0.4, 0.5) is 0 Å². The van der Waals surface area contributed by atoms with Crippen molar-refractivity contribution in [2.75, 3.05) is 0 Å². The molecule has 0 saturated carbocycles. The number of rotatable bonds is 1. The summed E-state index contributed by atoms with van der Waals surface area (Å²) >= 11 is 0. The first-order chi connectivity index (χ1) is 15.4. The average molecular weight is 454 g/mol. The molecular weight excluding hydrogens is 410 g/mol. The van der Waals surface area contributed by atoms with E-state index in [2.05, 4.69) is 119 Å². The Balaban J connectivity index is 1.77. The van der Waals surface area contributed by atoms with Crippen LogP contribution >= 0.6 is 0 Å². The molecule has 0 N–H and O–H groups in total. The molecule has 1 heterocycles. The van der Waals surface area contributed by atoms with E-state index in [0.29, 0.717) is 0 Å².